The first-order valence-corrected chi connectivity index (χ1v) is 6.62. The maximum Gasteiger partial charge on any atom is 0.0712 e. The van der Waals surface area contributed by atoms with Crippen molar-refractivity contribution in [2.75, 3.05) is 5.73 Å². The van der Waals surface area contributed by atoms with Gasteiger partial charge in [-0.2, -0.15) is 5.26 Å². The zero-order chi connectivity index (χ0) is 14.1. The summed E-state index contributed by atoms with van der Waals surface area (Å²) >= 11 is 0. The van der Waals surface area contributed by atoms with E-state index in [9.17, 15) is 5.26 Å². The summed E-state index contributed by atoms with van der Waals surface area (Å²) in [6.07, 6.45) is 9.52. The highest BCUT2D eigenvalue weighted by atomic mass is 14.6. The maximum atomic E-state index is 9.19. The average molecular weight is 261 g/mol. The van der Waals surface area contributed by atoms with Crippen LogP contribution in [0.5, 0.6) is 0 Å². The van der Waals surface area contributed by atoms with E-state index in [1.165, 1.54) is 0 Å². The van der Waals surface area contributed by atoms with Gasteiger partial charge in [-0.1, -0.05) is 25.2 Å². The molecule has 0 fully saturated rings. The van der Waals surface area contributed by atoms with Crippen LogP contribution in [-0.2, 0) is 0 Å². The summed E-state index contributed by atoms with van der Waals surface area (Å²) < 4.78 is 0. The number of nitrogen functional groups attached to an aromatic ring is 1. The van der Waals surface area contributed by atoms with Crippen LogP contribution in [0.4, 0.5) is 5.69 Å². The average Bonchev–Trinajstić information content (AvgIpc) is 2.47. The lowest BCUT2D eigenvalue weighted by Crippen LogP contribution is -2.12. The van der Waals surface area contributed by atoms with Gasteiger partial charge in [-0.25, -0.2) is 0 Å². The van der Waals surface area contributed by atoms with E-state index in [2.05, 4.69) is 30.1 Å². The Morgan fingerprint density at radius 1 is 1.35 bits per heavy atom. The molecule has 0 amide bonds. The summed E-state index contributed by atoms with van der Waals surface area (Å²) in [5.41, 5.74) is 9.09. The molecule has 2 unspecified atom stereocenters. The highest BCUT2D eigenvalue weighted by molar-refractivity contribution is 5.95. The molecule has 1 aromatic heterocycles. The molecule has 0 saturated heterocycles. The largest absolute Gasteiger partial charge is 0.398 e. The quantitative estimate of drug-likeness (QED) is 0.798. The van der Waals surface area contributed by atoms with E-state index in [0.29, 0.717) is 0 Å². The molecule has 0 radical (unpaired) electrons. The number of anilines is 1. The predicted molar refractivity (Wildman–Crippen MR) is 81.5 cm³/mol. The third kappa shape index (κ3) is 1.96. The van der Waals surface area contributed by atoms with Crippen LogP contribution in [0.25, 0.3) is 16.3 Å². The van der Waals surface area contributed by atoms with Crippen molar-refractivity contribution in [2.24, 2.45) is 11.8 Å². The number of aromatic nitrogens is 1. The number of rotatable bonds is 1. The van der Waals surface area contributed by atoms with Gasteiger partial charge in [0.1, 0.15) is 0 Å². The Morgan fingerprint density at radius 2 is 2.20 bits per heavy atom. The highest BCUT2D eigenvalue weighted by Gasteiger charge is 2.22. The lowest BCUT2D eigenvalue weighted by Gasteiger charge is -2.22. The van der Waals surface area contributed by atoms with Crippen molar-refractivity contribution in [1.82, 2.24) is 4.98 Å². The third-order valence-electron chi connectivity index (χ3n) is 3.89. The van der Waals surface area contributed by atoms with Crippen molar-refractivity contribution >= 4 is 22.0 Å². The molecule has 2 N–H and O–H groups in total. The number of hydrogen-bond donors (Lipinski definition) is 1. The van der Waals surface area contributed by atoms with Gasteiger partial charge in [-0.05, 0) is 34.7 Å². The number of nitrogens with zero attached hydrogens (tertiary/aromatic N) is 2. The lowest BCUT2D eigenvalue weighted by molar-refractivity contribution is 0.635. The van der Waals surface area contributed by atoms with Gasteiger partial charge >= 0.3 is 0 Å². The molecule has 1 aromatic carbocycles. The summed E-state index contributed by atoms with van der Waals surface area (Å²) in [5, 5.41) is 11.2. The highest BCUT2D eigenvalue weighted by Crippen LogP contribution is 2.35. The summed E-state index contributed by atoms with van der Waals surface area (Å²) in [6, 6.07) is 8.38. The van der Waals surface area contributed by atoms with Crippen LogP contribution in [0.1, 0.15) is 12.5 Å². The van der Waals surface area contributed by atoms with Crippen molar-refractivity contribution in [3.63, 3.8) is 0 Å². The number of allylic oxidation sites excluding steroid dienone is 4. The molecular weight excluding hydrogens is 246 g/mol. The van der Waals surface area contributed by atoms with E-state index < -0.39 is 0 Å². The predicted octanol–water partition coefficient (Wildman–Crippen LogP) is 3.55. The van der Waals surface area contributed by atoms with Crippen LogP contribution >= 0.6 is 0 Å². The van der Waals surface area contributed by atoms with Crippen molar-refractivity contribution in [3.8, 4) is 6.07 Å². The topological polar surface area (TPSA) is 62.7 Å². The second kappa shape index (κ2) is 4.82. The Bertz CT molecular complexity index is 765. The van der Waals surface area contributed by atoms with Crippen LogP contribution in [0.2, 0.25) is 0 Å². The van der Waals surface area contributed by atoms with Crippen LogP contribution in [0.3, 0.4) is 0 Å². The molecule has 1 heterocycles. The van der Waals surface area contributed by atoms with Gasteiger partial charge in [-0.15, -0.1) is 0 Å². The van der Waals surface area contributed by atoms with Gasteiger partial charge in [-0.3, -0.25) is 4.98 Å². The molecule has 2 atom stereocenters. The number of fused-ring (bicyclic) bond motifs is 1. The fraction of sp³-hybridized carbons (Fsp3) is 0.176. The minimum atomic E-state index is -0.0793. The number of nitriles is 1. The summed E-state index contributed by atoms with van der Waals surface area (Å²) in [7, 11) is 0. The first-order valence-electron chi connectivity index (χ1n) is 6.62. The summed E-state index contributed by atoms with van der Waals surface area (Å²) in [6.45, 7) is 2.08. The molecular formula is C17H15N3. The molecule has 1 aliphatic rings. The van der Waals surface area contributed by atoms with E-state index in [1.807, 2.05) is 24.3 Å². The van der Waals surface area contributed by atoms with Gasteiger partial charge in [0.05, 0.1) is 12.0 Å². The smallest absolute Gasteiger partial charge is 0.0712 e. The molecule has 3 rings (SSSR count). The first-order chi connectivity index (χ1) is 9.70. The van der Waals surface area contributed by atoms with E-state index in [0.717, 1.165) is 27.6 Å². The van der Waals surface area contributed by atoms with Crippen LogP contribution in [0, 0.1) is 23.2 Å². The SMILES string of the molecule is CC1C(c2cc(N)c3cnccc3c2)=CC=CC1C#N. The number of hydrogen-bond acceptors (Lipinski definition) is 3. The lowest BCUT2D eigenvalue weighted by atomic mass is 9.81. The second-order valence-electron chi connectivity index (χ2n) is 5.11. The summed E-state index contributed by atoms with van der Waals surface area (Å²) in [4.78, 5) is 4.11. The minimum Gasteiger partial charge on any atom is -0.398 e. The fourth-order valence-corrected chi connectivity index (χ4v) is 2.70. The number of benzene rings is 1. The Kier molecular flexibility index (Phi) is 3.00. The van der Waals surface area contributed by atoms with Crippen LogP contribution in [0.15, 0.2) is 48.8 Å². The molecule has 3 nitrogen and oxygen atoms in total. The molecule has 20 heavy (non-hydrogen) atoms. The van der Waals surface area contributed by atoms with Gasteiger partial charge in [0, 0.05) is 29.4 Å². The zero-order valence-electron chi connectivity index (χ0n) is 11.2. The van der Waals surface area contributed by atoms with Gasteiger partial charge in [0.15, 0.2) is 0 Å². The van der Waals surface area contributed by atoms with Gasteiger partial charge < -0.3 is 5.73 Å². The standard InChI is InChI=1S/C17H15N3/c1-11-13(9-18)3-2-4-15(11)14-7-12-5-6-20-10-16(12)17(19)8-14/h2-8,10-11,13H,19H2,1H3. The fourth-order valence-electron chi connectivity index (χ4n) is 2.70. The maximum absolute atomic E-state index is 9.19. The summed E-state index contributed by atoms with van der Waals surface area (Å²) in [5.74, 6) is 0.0908. The van der Waals surface area contributed by atoms with E-state index in [-0.39, 0.29) is 11.8 Å². The molecule has 1 aliphatic carbocycles. The Labute approximate surface area is 118 Å². The Hall–Kier alpha value is -2.60. The van der Waals surface area contributed by atoms with Crippen molar-refractivity contribution in [3.05, 3.63) is 54.4 Å². The molecule has 0 saturated carbocycles. The van der Waals surface area contributed by atoms with Crippen LogP contribution < -0.4 is 5.73 Å². The molecule has 3 heteroatoms. The molecule has 0 bridgehead atoms. The van der Waals surface area contributed by atoms with E-state index in [1.54, 1.807) is 12.4 Å². The number of pyridine rings is 1. The van der Waals surface area contributed by atoms with Crippen LogP contribution in [-0.4, -0.2) is 4.98 Å². The molecule has 98 valence electrons. The minimum absolute atomic E-state index is 0.0793. The van der Waals surface area contributed by atoms with Crippen molar-refractivity contribution < 1.29 is 0 Å². The van der Waals surface area contributed by atoms with Crippen molar-refractivity contribution in [1.29, 1.82) is 5.26 Å². The number of nitrogens with two attached hydrogens (primary N) is 1. The Balaban J connectivity index is 2.14. The zero-order valence-corrected chi connectivity index (χ0v) is 11.2. The normalized spacial score (nSPS) is 21.5. The van der Waals surface area contributed by atoms with E-state index in [4.69, 9.17) is 5.73 Å². The van der Waals surface area contributed by atoms with E-state index >= 15 is 0 Å². The molecule has 2 aromatic rings. The first kappa shape index (κ1) is 12.4. The van der Waals surface area contributed by atoms with Gasteiger partial charge in [0.2, 0.25) is 0 Å². The van der Waals surface area contributed by atoms with Crippen molar-refractivity contribution in [2.45, 2.75) is 6.92 Å². The Morgan fingerprint density at radius 3 is 3.00 bits per heavy atom. The molecule has 0 spiro atoms. The monoisotopic (exact) mass is 261 g/mol. The molecule has 0 aliphatic heterocycles. The van der Waals surface area contributed by atoms with Gasteiger partial charge in [0.25, 0.3) is 0 Å². The third-order valence-corrected chi connectivity index (χ3v) is 3.89. The second-order valence-corrected chi connectivity index (χ2v) is 5.11.